The second kappa shape index (κ2) is 6.60. The molecule has 0 fully saturated rings. The third-order valence-electron chi connectivity index (χ3n) is 3.60. The van der Waals surface area contributed by atoms with Crippen LogP contribution in [0.1, 0.15) is 0 Å². The maximum absolute atomic E-state index is 12.9. The van der Waals surface area contributed by atoms with E-state index in [9.17, 15) is 18.5 Å². The van der Waals surface area contributed by atoms with Gasteiger partial charge in [-0.05, 0) is 18.2 Å². The predicted molar refractivity (Wildman–Crippen MR) is 94.8 cm³/mol. The van der Waals surface area contributed by atoms with E-state index in [1.165, 1.54) is 35.2 Å². The Morgan fingerprint density at radius 3 is 2.38 bits per heavy atom. The molecule has 0 saturated carbocycles. The molecule has 1 heterocycles. The lowest BCUT2D eigenvalue weighted by molar-refractivity contribution is -0.384. The van der Waals surface area contributed by atoms with Crippen LogP contribution in [0.5, 0.6) is 0 Å². The summed E-state index contributed by atoms with van der Waals surface area (Å²) in [5.41, 5.74) is 0.177. The van der Waals surface area contributed by atoms with Crippen molar-refractivity contribution in [3.05, 3.63) is 64.7 Å². The quantitative estimate of drug-likeness (QED) is 0.499. The number of oxazole rings is 1. The summed E-state index contributed by atoms with van der Waals surface area (Å²) >= 11 is 0. The average molecular weight is 373 g/mol. The van der Waals surface area contributed by atoms with Crippen molar-refractivity contribution in [1.82, 2.24) is 4.98 Å². The molecule has 3 aromatic rings. The molecule has 0 spiro atoms. The van der Waals surface area contributed by atoms with Crippen molar-refractivity contribution in [1.29, 1.82) is 0 Å². The van der Waals surface area contributed by atoms with E-state index in [4.69, 9.17) is 4.42 Å². The molecular formula is C17H15N3O5S. The van der Waals surface area contributed by atoms with Gasteiger partial charge in [0.25, 0.3) is 5.69 Å². The summed E-state index contributed by atoms with van der Waals surface area (Å²) in [6.07, 6.45) is 0. The summed E-state index contributed by atoms with van der Waals surface area (Å²) < 4.78 is 31.5. The number of nitro groups is 1. The monoisotopic (exact) mass is 373 g/mol. The molecule has 9 heteroatoms. The molecule has 0 unspecified atom stereocenters. The van der Waals surface area contributed by atoms with Crippen LogP contribution in [0, 0.1) is 10.1 Å². The van der Waals surface area contributed by atoms with E-state index in [2.05, 4.69) is 4.98 Å². The van der Waals surface area contributed by atoms with Gasteiger partial charge in [-0.15, -0.1) is 0 Å². The summed E-state index contributed by atoms with van der Waals surface area (Å²) in [5, 5.41) is 10.7. The van der Waals surface area contributed by atoms with Crippen molar-refractivity contribution in [2.75, 3.05) is 19.0 Å². The lowest BCUT2D eigenvalue weighted by Gasteiger charge is -2.09. The van der Waals surface area contributed by atoms with Crippen molar-refractivity contribution >= 4 is 21.4 Å². The van der Waals surface area contributed by atoms with E-state index in [1.54, 1.807) is 38.4 Å². The molecular weight excluding hydrogens is 358 g/mol. The fourth-order valence-electron chi connectivity index (χ4n) is 2.34. The van der Waals surface area contributed by atoms with Crippen molar-refractivity contribution in [3.8, 4) is 11.5 Å². The van der Waals surface area contributed by atoms with Crippen molar-refractivity contribution in [3.63, 3.8) is 0 Å². The van der Waals surface area contributed by atoms with Crippen molar-refractivity contribution < 1.29 is 17.8 Å². The maximum Gasteiger partial charge on any atom is 0.270 e. The van der Waals surface area contributed by atoms with Gasteiger partial charge in [0.05, 0.1) is 9.82 Å². The van der Waals surface area contributed by atoms with Crippen LogP contribution in [0.4, 0.5) is 11.6 Å². The standard InChI is InChI=1S/C17H15N3O5S/c1-19(2)17-16(26(23,24)14-9-4-3-5-10-14)18-15(25-17)12-7-6-8-13(11-12)20(21)22/h3-11H,1-2H3. The highest BCUT2D eigenvalue weighted by Gasteiger charge is 2.29. The van der Waals surface area contributed by atoms with Gasteiger partial charge in [-0.25, -0.2) is 8.42 Å². The van der Waals surface area contributed by atoms with Gasteiger partial charge in [0.15, 0.2) is 0 Å². The number of hydrogen-bond acceptors (Lipinski definition) is 7. The minimum atomic E-state index is -3.91. The van der Waals surface area contributed by atoms with Gasteiger partial charge >= 0.3 is 0 Å². The number of benzene rings is 2. The van der Waals surface area contributed by atoms with E-state index in [0.29, 0.717) is 5.56 Å². The first-order valence-corrected chi connectivity index (χ1v) is 9.02. The normalized spacial score (nSPS) is 11.3. The first kappa shape index (κ1) is 17.6. The van der Waals surface area contributed by atoms with Crippen LogP contribution < -0.4 is 4.90 Å². The molecule has 0 N–H and O–H groups in total. The Morgan fingerprint density at radius 2 is 1.77 bits per heavy atom. The van der Waals surface area contributed by atoms with Gasteiger partial charge < -0.3 is 9.32 Å². The van der Waals surface area contributed by atoms with Crippen LogP contribution in [0.15, 0.2) is 68.9 Å². The number of aromatic nitrogens is 1. The van der Waals surface area contributed by atoms with Gasteiger partial charge in [0.1, 0.15) is 0 Å². The van der Waals surface area contributed by atoms with Crippen LogP contribution >= 0.6 is 0 Å². The molecule has 0 aliphatic heterocycles. The number of nitrogens with zero attached hydrogens (tertiary/aromatic N) is 3. The largest absolute Gasteiger partial charge is 0.419 e. The highest BCUT2D eigenvalue weighted by Crippen LogP contribution is 2.34. The maximum atomic E-state index is 12.9. The van der Waals surface area contributed by atoms with Crippen LogP contribution in [0.25, 0.3) is 11.5 Å². The molecule has 0 radical (unpaired) electrons. The number of nitro benzene ring substituents is 1. The fraction of sp³-hybridized carbons (Fsp3) is 0.118. The number of sulfone groups is 1. The minimum Gasteiger partial charge on any atom is -0.419 e. The SMILES string of the molecule is CN(C)c1oc(-c2cccc([N+](=O)[O-])c2)nc1S(=O)(=O)c1ccccc1. The second-order valence-electron chi connectivity index (χ2n) is 5.65. The number of hydrogen-bond donors (Lipinski definition) is 0. The smallest absolute Gasteiger partial charge is 0.270 e. The third-order valence-corrected chi connectivity index (χ3v) is 5.27. The van der Waals surface area contributed by atoms with E-state index in [0.717, 1.165) is 0 Å². The zero-order valence-corrected chi connectivity index (χ0v) is 14.8. The Labute approximate surface area is 149 Å². The number of rotatable bonds is 5. The topological polar surface area (TPSA) is 107 Å². The number of non-ortho nitro benzene ring substituents is 1. The molecule has 0 saturated heterocycles. The first-order valence-electron chi connectivity index (χ1n) is 7.54. The summed E-state index contributed by atoms with van der Waals surface area (Å²) in [5.74, 6) is 0.0438. The van der Waals surface area contributed by atoms with Crippen molar-refractivity contribution in [2.45, 2.75) is 9.92 Å². The summed E-state index contributed by atoms with van der Waals surface area (Å²) in [7, 11) is -0.655. The molecule has 134 valence electrons. The fourth-order valence-corrected chi connectivity index (χ4v) is 3.74. The molecule has 1 aromatic heterocycles. The Kier molecular flexibility index (Phi) is 4.47. The van der Waals surface area contributed by atoms with E-state index >= 15 is 0 Å². The van der Waals surface area contributed by atoms with E-state index in [-0.39, 0.29) is 27.4 Å². The van der Waals surface area contributed by atoms with E-state index in [1.807, 2.05) is 0 Å². The molecule has 0 atom stereocenters. The van der Waals surface area contributed by atoms with Crippen LogP contribution in [0.2, 0.25) is 0 Å². The molecule has 0 aliphatic rings. The molecule has 0 aliphatic carbocycles. The Morgan fingerprint density at radius 1 is 1.08 bits per heavy atom. The lowest BCUT2D eigenvalue weighted by Crippen LogP contribution is -2.13. The summed E-state index contributed by atoms with van der Waals surface area (Å²) in [6.45, 7) is 0. The summed E-state index contributed by atoms with van der Waals surface area (Å²) in [4.78, 5) is 16.1. The highest BCUT2D eigenvalue weighted by atomic mass is 32.2. The lowest BCUT2D eigenvalue weighted by atomic mass is 10.2. The predicted octanol–water partition coefficient (Wildman–Crippen LogP) is 3.15. The first-order chi connectivity index (χ1) is 12.3. The van der Waals surface area contributed by atoms with E-state index < -0.39 is 14.8 Å². The van der Waals surface area contributed by atoms with Gasteiger partial charge in [-0.2, -0.15) is 4.98 Å². The molecule has 0 amide bonds. The van der Waals surface area contributed by atoms with Gasteiger partial charge in [0.2, 0.25) is 26.6 Å². The minimum absolute atomic E-state index is 0.00749. The Bertz CT molecular complexity index is 1060. The molecule has 26 heavy (non-hydrogen) atoms. The number of anilines is 1. The molecule has 3 rings (SSSR count). The van der Waals surface area contributed by atoms with Crippen molar-refractivity contribution in [2.24, 2.45) is 0 Å². The zero-order chi connectivity index (χ0) is 18.9. The zero-order valence-electron chi connectivity index (χ0n) is 14.0. The van der Waals surface area contributed by atoms with Gasteiger partial charge in [-0.3, -0.25) is 10.1 Å². The molecule has 0 bridgehead atoms. The van der Waals surface area contributed by atoms with Gasteiger partial charge in [-0.1, -0.05) is 24.3 Å². The Balaban J connectivity index is 2.17. The van der Waals surface area contributed by atoms with Crippen LogP contribution in [0.3, 0.4) is 0 Å². The average Bonchev–Trinajstić information content (AvgIpc) is 3.09. The van der Waals surface area contributed by atoms with Crippen LogP contribution in [-0.4, -0.2) is 32.4 Å². The summed E-state index contributed by atoms with van der Waals surface area (Å²) in [6, 6.07) is 13.5. The molecule has 2 aromatic carbocycles. The molecule has 8 nitrogen and oxygen atoms in total. The highest BCUT2D eigenvalue weighted by molar-refractivity contribution is 7.91. The second-order valence-corrected chi connectivity index (χ2v) is 7.51. The third kappa shape index (κ3) is 3.16. The van der Waals surface area contributed by atoms with Gasteiger partial charge in [0, 0.05) is 31.8 Å². The van der Waals surface area contributed by atoms with Crippen LogP contribution in [-0.2, 0) is 9.84 Å². The Hall–Kier alpha value is -3.20.